The third-order valence-electron chi connectivity index (χ3n) is 4.81. The summed E-state index contributed by atoms with van der Waals surface area (Å²) >= 11 is 12.0. The van der Waals surface area contributed by atoms with Crippen LogP contribution in [0.1, 0.15) is 0 Å². The second-order valence-electron chi connectivity index (χ2n) is 6.88. The molecule has 174 valence electrons. The molecule has 0 aliphatic heterocycles. The van der Waals surface area contributed by atoms with Crippen LogP contribution >= 0.6 is 23.2 Å². The number of nitrogens with zero attached hydrogens (tertiary/aromatic N) is 2. The largest absolute Gasteiger partial charge is 0.688 e. The van der Waals surface area contributed by atoms with Gasteiger partial charge >= 0.3 is 13.0 Å². The molecule has 1 aromatic heterocycles. The van der Waals surface area contributed by atoms with Crippen molar-refractivity contribution in [1.82, 2.24) is 4.98 Å². The Morgan fingerprint density at radius 2 is 1.65 bits per heavy atom. The maximum Gasteiger partial charge on any atom is 0.688 e. The van der Waals surface area contributed by atoms with Crippen molar-refractivity contribution in [2.24, 2.45) is 0 Å². The van der Waals surface area contributed by atoms with Gasteiger partial charge in [-0.05, 0) is 60.7 Å². The van der Waals surface area contributed by atoms with Crippen LogP contribution in [0.3, 0.4) is 0 Å². The molecule has 0 spiro atoms. The SMILES string of the molecule is COc1ccc(S(=O)(=O)N(B(F)F)c2ccc(Cl)cc2-c2nc3ccc(Cl)cc3c(=O)o2)cc1. The van der Waals surface area contributed by atoms with Crippen molar-refractivity contribution in [2.75, 3.05) is 11.3 Å². The van der Waals surface area contributed by atoms with E-state index in [0.29, 0.717) is 5.75 Å². The number of halogens is 4. The first-order valence-corrected chi connectivity index (χ1v) is 11.7. The van der Waals surface area contributed by atoms with Crippen molar-refractivity contribution in [1.29, 1.82) is 0 Å². The first-order valence-electron chi connectivity index (χ1n) is 9.49. The van der Waals surface area contributed by atoms with Crippen molar-refractivity contribution in [3.05, 3.63) is 81.1 Å². The minimum absolute atomic E-state index is 0.0661. The van der Waals surface area contributed by atoms with E-state index in [1.807, 2.05) is 0 Å². The Labute approximate surface area is 202 Å². The number of methoxy groups -OCH3 is 1. The van der Waals surface area contributed by atoms with Gasteiger partial charge in [0.25, 0.3) is 10.0 Å². The molecule has 0 atom stereocenters. The molecule has 4 rings (SSSR count). The van der Waals surface area contributed by atoms with Crippen LogP contribution in [0.25, 0.3) is 22.4 Å². The highest BCUT2D eigenvalue weighted by Gasteiger charge is 2.39. The van der Waals surface area contributed by atoms with Gasteiger partial charge in [-0.25, -0.2) is 22.4 Å². The van der Waals surface area contributed by atoms with Crippen LogP contribution in [0, 0.1) is 0 Å². The minimum Gasteiger partial charge on any atom is -0.497 e. The van der Waals surface area contributed by atoms with Gasteiger partial charge < -0.3 is 9.15 Å². The maximum atomic E-state index is 14.2. The molecule has 1 heterocycles. The number of fused-ring (bicyclic) bond motifs is 1. The maximum absolute atomic E-state index is 14.2. The first kappa shape index (κ1) is 24.0. The van der Waals surface area contributed by atoms with E-state index in [9.17, 15) is 21.8 Å². The Kier molecular flexibility index (Phi) is 6.52. The Morgan fingerprint density at radius 1 is 1.00 bits per heavy atom. The monoisotopic (exact) mass is 524 g/mol. The summed E-state index contributed by atoms with van der Waals surface area (Å²) in [6, 6.07) is 12.7. The first-order chi connectivity index (χ1) is 16.1. The number of benzene rings is 3. The molecular weight excluding hydrogens is 512 g/mol. The van der Waals surface area contributed by atoms with E-state index in [4.69, 9.17) is 32.4 Å². The smallest absolute Gasteiger partial charge is 0.497 e. The molecule has 0 saturated heterocycles. The predicted molar refractivity (Wildman–Crippen MR) is 126 cm³/mol. The molecule has 0 radical (unpaired) electrons. The Morgan fingerprint density at radius 3 is 2.29 bits per heavy atom. The number of hydrogen-bond donors (Lipinski definition) is 0. The molecule has 34 heavy (non-hydrogen) atoms. The quantitative estimate of drug-likeness (QED) is 0.318. The number of hydrogen-bond acceptors (Lipinski definition) is 6. The average molecular weight is 525 g/mol. The molecule has 0 unspecified atom stereocenters. The second kappa shape index (κ2) is 9.24. The molecule has 0 fully saturated rings. The van der Waals surface area contributed by atoms with Gasteiger partial charge in [0.05, 0.1) is 34.2 Å². The normalized spacial score (nSPS) is 11.4. The van der Waals surface area contributed by atoms with Crippen molar-refractivity contribution < 1.29 is 26.2 Å². The fourth-order valence-electron chi connectivity index (χ4n) is 3.23. The fraction of sp³-hybridized carbons (Fsp3) is 0.0476. The molecule has 0 saturated carbocycles. The topological polar surface area (TPSA) is 89.7 Å². The summed E-state index contributed by atoms with van der Waals surface area (Å²) < 4.78 is 65.0. The van der Waals surface area contributed by atoms with Crippen molar-refractivity contribution >= 4 is 57.2 Å². The number of rotatable bonds is 6. The standard InChI is InChI=1S/C21H13BCl2F2N2O5S/c1-32-14-4-6-15(7-5-14)34(30,31)28(22(25)26)19-9-3-13(24)11-17(19)20-27-18-8-2-12(23)10-16(18)21(29)33-20/h2-11H,1H3. The summed E-state index contributed by atoms with van der Waals surface area (Å²) in [6.07, 6.45) is 0. The second-order valence-corrected chi connectivity index (χ2v) is 9.57. The number of aromatic nitrogens is 1. The van der Waals surface area contributed by atoms with E-state index in [1.165, 1.54) is 49.6 Å². The zero-order chi connectivity index (χ0) is 24.6. The summed E-state index contributed by atoms with van der Waals surface area (Å²) in [4.78, 5) is 16.3. The number of ether oxygens (including phenoxy) is 1. The van der Waals surface area contributed by atoms with Crippen molar-refractivity contribution in [2.45, 2.75) is 4.90 Å². The number of anilines is 1. The van der Waals surface area contributed by atoms with Gasteiger partial charge in [0, 0.05) is 10.0 Å². The predicted octanol–water partition coefficient (Wildman–Crippen LogP) is 5.29. The van der Waals surface area contributed by atoms with Crippen LogP contribution in [-0.2, 0) is 10.0 Å². The van der Waals surface area contributed by atoms with E-state index < -0.39 is 39.5 Å². The zero-order valence-corrected chi connectivity index (χ0v) is 19.5. The van der Waals surface area contributed by atoms with Crippen molar-refractivity contribution in [3.8, 4) is 17.2 Å². The van der Waals surface area contributed by atoms with E-state index >= 15 is 0 Å². The van der Waals surface area contributed by atoms with E-state index in [-0.39, 0.29) is 30.7 Å². The van der Waals surface area contributed by atoms with Crippen LogP contribution < -0.4 is 14.6 Å². The van der Waals surface area contributed by atoms with Crippen LogP contribution in [0.15, 0.2) is 74.8 Å². The lowest BCUT2D eigenvalue weighted by Gasteiger charge is -2.24. The minimum atomic E-state index is -4.76. The van der Waals surface area contributed by atoms with Crippen LogP contribution in [0.5, 0.6) is 5.75 Å². The molecule has 3 aromatic carbocycles. The molecule has 0 aliphatic carbocycles. The molecule has 0 aliphatic rings. The zero-order valence-electron chi connectivity index (χ0n) is 17.2. The van der Waals surface area contributed by atoms with E-state index in [2.05, 4.69) is 4.98 Å². The fourth-order valence-corrected chi connectivity index (χ4v) is 4.91. The Balaban J connectivity index is 1.93. The molecule has 4 aromatic rings. The lowest BCUT2D eigenvalue weighted by Crippen LogP contribution is -2.39. The van der Waals surface area contributed by atoms with Gasteiger partial charge in [0.15, 0.2) is 0 Å². The molecule has 0 N–H and O–H groups in total. The van der Waals surface area contributed by atoms with E-state index in [1.54, 1.807) is 0 Å². The lowest BCUT2D eigenvalue weighted by atomic mass is 10.1. The van der Waals surface area contributed by atoms with E-state index in [0.717, 1.165) is 18.2 Å². The lowest BCUT2D eigenvalue weighted by molar-refractivity contribution is 0.414. The summed E-state index contributed by atoms with van der Waals surface area (Å²) in [7, 11) is -6.87. The average Bonchev–Trinajstić information content (AvgIpc) is 2.80. The highest BCUT2D eigenvalue weighted by molar-refractivity contribution is 7.94. The van der Waals surface area contributed by atoms with Crippen LogP contribution in [-0.4, -0.2) is 27.9 Å². The van der Waals surface area contributed by atoms with Gasteiger partial charge in [-0.1, -0.05) is 23.2 Å². The third-order valence-corrected chi connectivity index (χ3v) is 7.02. The van der Waals surface area contributed by atoms with Gasteiger partial charge in [-0.15, -0.1) is 0 Å². The third kappa shape index (κ3) is 4.46. The van der Waals surface area contributed by atoms with Crippen LogP contribution in [0.4, 0.5) is 14.3 Å². The molecule has 13 heteroatoms. The van der Waals surface area contributed by atoms with Gasteiger partial charge in [0.1, 0.15) is 5.75 Å². The highest BCUT2D eigenvalue weighted by atomic mass is 35.5. The van der Waals surface area contributed by atoms with Gasteiger partial charge in [-0.2, -0.15) is 0 Å². The van der Waals surface area contributed by atoms with Gasteiger partial charge in [-0.3, -0.25) is 8.63 Å². The Bertz CT molecular complexity index is 1550. The number of sulfonamides is 1. The van der Waals surface area contributed by atoms with Crippen molar-refractivity contribution in [3.63, 3.8) is 0 Å². The molecule has 0 amide bonds. The Hall–Kier alpha value is -3.15. The molecule has 0 bridgehead atoms. The molecular formula is C21H13BCl2F2N2O5S. The summed E-state index contributed by atoms with van der Waals surface area (Å²) in [5.41, 5.74) is -1.38. The van der Waals surface area contributed by atoms with Crippen LogP contribution in [0.2, 0.25) is 10.0 Å². The van der Waals surface area contributed by atoms with Gasteiger partial charge in [0.2, 0.25) is 5.89 Å². The summed E-state index contributed by atoms with van der Waals surface area (Å²) in [6.45, 7) is 0. The highest BCUT2D eigenvalue weighted by Crippen LogP contribution is 2.37. The summed E-state index contributed by atoms with van der Waals surface area (Å²) in [5, 5.41) is 0.416. The molecule has 7 nitrogen and oxygen atoms in total. The summed E-state index contributed by atoms with van der Waals surface area (Å²) in [5.74, 6) is -0.0510.